The number of likely N-dealkylation sites (tertiary alicyclic amines) is 1. The molecule has 0 bridgehead atoms. The van der Waals surface area contributed by atoms with Crippen LogP contribution in [0, 0.1) is 0 Å². The van der Waals surface area contributed by atoms with Crippen LogP contribution in [0.2, 0.25) is 0 Å². The molecule has 8 nitrogen and oxygen atoms in total. The van der Waals surface area contributed by atoms with Gasteiger partial charge in [0.25, 0.3) is 11.5 Å². The summed E-state index contributed by atoms with van der Waals surface area (Å²) >= 11 is 0. The van der Waals surface area contributed by atoms with Gasteiger partial charge < -0.3 is 10.0 Å². The fraction of sp³-hybridized carbons (Fsp3) is 0.333. The first-order chi connectivity index (χ1) is 12.6. The largest absolute Gasteiger partial charge is 0.391 e. The SMILES string of the molecule is O=C(C(c1ccccc1)n1cnc2[nH]ncc2c1=O)N1CCCC(O)C1. The Balaban J connectivity index is 1.81. The van der Waals surface area contributed by atoms with Crippen LogP contribution in [0.15, 0.2) is 47.7 Å². The van der Waals surface area contributed by atoms with Crippen LogP contribution in [-0.2, 0) is 4.79 Å². The number of aliphatic hydroxyl groups excluding tert-OH is 1. The third-order valence-electron chi connectivity index (χ3n) is 4.73. The van der Waals surface area contributed by atoms with Crippen LogP contribution in [0.5, 0.6) is 0 Å². The second-order valence-electron chi connectivity index (χ2n) is 6.48. The summed E-state index contributed by atoms with van der Waals surface area (Å²) in [6.07, 6.45) is 3.68. The van der Waals surface area contributed by atoms with Crippen molar-refractivity contribution in [2.75, 3.05) is 13.1 Å². The molecule has 2 N–H and O–H groups in total. The zero-order valence-corrected chi connectivity index (χ0v) is 14.1. The number of aromatic amines is 1. The number of aliphatic hydroxyl groups is 1. The quantitative estimate of drug-likeness (QED) is 0.721. The molecule has 134 valence electrons. The molecule has 8 heteroatoms. The van der Waals surface area contributed by atoms with Crippen molar-refractivity contribution in [3.8, 4) is 0 Å². The molecule has 2 unspecified atom stereocenters. The molecule has 2 aromatic heterocycles. The van der Waals surface area contributed by atoms with E-state index >= 15 is 0 Å². The molecule has 3 heterocycles. The minimum Gasteiger partial charge on any atom is -0.391 e. The molecule has 1 saturated heterocycles. The summed E-state index contributed by atoms with van der Waals surface area (Å²) in [4.78, 5) is 32.0. The van der Waals surface area contributed by atoms with Crippen molar-refractivity contribution in [3.63, 3.8) is 0 Å². The van der Waals surface area contributed by atoms with E-state index in [1.807, 2.05) is 30.3 Å². The van der Waals surface area contributed by atoms with Crippen molar-refractivity contribution in [1.82, 2.24) is 24.6 Å². The lowest BCUT2D eigenvalue weighted by Gasteiger charge is -2.33. The van der Waals surface area contributed by atoms with Gasteiger partial charge in [-0.05, 0) is 18.4 Å². The highest BCUT2D eigenvalue weighted by molar-refractivity contribution is 5.84. The normalized spacial score (nSPS) is 18.8. The summed E-state index contributed by atoms with van der Waals surface area (Å²) in [6.45, 7) is 0.841. The third kappa shape index (κ3) is 2.88. The van der Waals surface area contributed by atoms with Gasteiger partial charge in [0.05, 0.1) is 12.3 Å². The van der Waals surface area contributed by atoms with E-state index in [0.29, 0.717) is 29.6 Å². The molecule has 1 aromatic carbocycles. The van der Waals surface area contributed by atoms with Gasteiger partial charge in [0, 0.05) is 13.1 Å². The maximum absolute atomic E-state index is 13.3. The maximum Gasteiger partial charge on any atom is 0.265 e. The highest BCUT2D eigenvalue weighted by Crippen LogP contribution is 2.22. The number of nitrogens with zero attached hydrogens (tertiary/aromatic N) is 4. The fourth-order valence-electron chi connectivity index (χ4n) is 3.41. The van der Waals surface area contributed by atoms with E-state index in [0.717, 1.165) is 6.42 Å². The topological polar surface area (TPSA) is 104 Å². The van der Waals surface area contributed by atoms with Crippen LogP contribution >= 0.6 is 0 Å². The molecule has 1 fully saturated rings. The lowest BCUT2D eigenvalue weighted by atomic mass is 10.0. The molecule has 1 amide bonds. The predicted octanol–water partition coefficient (Wildman–Crippen LogP) is 0.692. The number of nitrogens with one attached hydrogen (secondary N) is 1. The van der Waals surface area contributed by atoms with Crippen molar-refractivity contribution in [1.29, 1.82) is 0 Å². The highest BCUT2D eigenvalue weighted by atomic mass is 16.3. The van der Waals surface area contributed by atoms with Gasteiger partial charge in [0.1, 0.15) is 17.8 Å². The first-order valence-electron chi connectivity index (χ1n) is 8.57. The van der Waals surface area contributed by atoms with Gasteiger partial charge in [-0.15, -0.1) is 0 Å². The Kier molecular flexibility index (Phi) is 4.26. The van der Waals surface area contributed by atoms with Gasteiger partial charge in [-0.25, -0.2) is 4.98 Å². The molecule has 0 saturated carbocycles. The lowest BCUT2D eigenvalue weighted by molar-refractivity contribution is -0.136. The number of benzene rings is 1. The molecule has 1 aliphatic rings. The number of β-amino-alcohol motifs (C(OH)–C–C–N with tert-alkyl or cyclic N) is 1. The van der Waals surface area contributed by atoms with Crippen LogP contribution < -0.4 is 5.56 Å². The monoisotopic (exact) mass is 353 g/mol. The summed E-state index contributed by atoms with van der Waals surface area (Å²) < 4.78 is 1.34. The number of hydrogen-bond acceptors (Lipinski definition) is 5. The molecule has 0 radical (unpaired) electrons. The molecule has 4 rings (SSSR count). The second kappa shape index (κ2) is 6.72. The Bertz CT molecular complexity index is 981. The number of H-pyrrole nitrogens is 1. The van der Waals surface area contributed by atoms with E-state index in [1.165, 1.54) is 17.1 Å². The number of piperidine rings is 1. The Morgan fingerprint density at radius 1 is 1.31 bits per heavy atom. The fourth-order valence-corrected chi connectivity index (χ4v) is 3.41. The molecule has 3 aromatic rings. The first kappa shape index (κ1) is 16.5. The number of carbonyl (C=O) groups excluding carboxylic acids is 1. The number of amides is 1. The maximum atomic E-state index is 13.3. The van der Waals surface area contributed by atoms with E-state index in [2.05, 4.69) is 15.2 Å². The molecular weight excluding hydrogens is 334 g/mol. The predicted molar refractivity (Wildman–Crippen MR) is 94.6 cm³/mol. The minimum atomic E-state index is -0.833. The molecular formula is C18H19N5O3. The Hall–Kier alpha value is -3.00. The van der Waals surface area contributed by atoms with E-state index in [1.54, 1.807) is 4.90 Å². The lowest BCUT2D eigenvalue weighted by Crippen LogP contribution is -2.47. The summed E-state index contributed by atoms with van der Waals surface area (Å²) in [6, 6.07) is 8.31. The zero-order chi connectivity index (χ0) is 18.1. The second-order valence-corrected chi connectivity index (χ2v) is 6.48. The van der Waals surface area contributed by atoms with Crippen molar-refractivity contribution >= 4 is 16.9 Å². The van der Waals surface area contributed by atoms with Crippen LogP contribution in [0.1, 0.15) is 24.4 Å². The molecule has 0 aliphatic carbocycles. The van der Waals surface area contributed by atoms with Crippen LogP contribution in [-0.4, -0.2) is 54.9 Å². The first-order valence-corrected chi connectivity index (χ1v) is 8.57. The number of rotatable bonds is 3. The van der Waals surface area contributed by atoms with Crippen LogP contribution in [0.25, 0.3) is 11.0 Å². The van der Waals surface area contributed by atoms with Gasteiger partial charge in [-0.3, -0.25) is 19.3 Å². The van der Waals surface area contributed by atoms with Gasteiger partial charge in [-0.2, -0.15) is 5.10 Å². The van der Waals surface area contributed by atoms with E-state index in [4.69, 9.17) is 0 Å². The van der Waals surface area contributed by atoms with Gasteiger partial charge in [0.2, 0.25) is 0 Å². The van der Waals surface area contributed by atoms with E-state index in [-0.39, 0.29) is 18.0 Å². The summed E-state index contributed by atoms with van der Waals surface area (Å²) in [5.41, 5.74) is 0.756. The zero-order valence-electron chi connectivity index (χ0n) is 14.1. The van der Waals surface area contributed by atoms with Gasteiger partial charge in [0.15, 0.2) is 5.65 Å². The number of hydrogen-bond donors (Lipinski definition) is 2. The van der Waals surface area contributed by atoms with Crippen molar-refractivity contribution in [2.24, 2.45) is 0 Å². The number of aromatic nitrogens is 4. The summed E-state index contributed by atoms with van der Waals surface area (Å²) in [5.74, 6) is -0.221. The van der Waals surface area contributed by atoms with E-state index < -0.39 is 12.1 Å². The minimum absolute atomic E-state index is 0.221. The smallest absolute Gasteiger partial charge is 0.265 e. The Morgan fingerprint density at radius 3 is 2.88 bits per heavy atom. The molecule has 26 heavy (non-hydrogen) atoms. The van der Waals surface area contributed by atoms with Crippen molar-refractivity contribution in [3.05, 3.63) is 58.8 Å². The Labute approximate surface area is 149 Å². The molecule has 1 aliphatic heterocycles. The van der Waals surface area contributed by atoms with Gasteiger partial charge >= 0.3 is 0 Å². The van der Waals surface area contributed by atoms with Crippen LogP contribution in [0.3, 0.4) is 0 Å². The van der Waals surface area contributed by atoms with Crippen molar-refractivity contribution in [2.45, 2.75) is 25.0 Å². The van der Waals surface area contributed by atoms with Crippen molar-refractivity contribution < 1.29 is 9.90 Å². The summed E-state index contributed by atoms with van der Waals surface area (Å²) in [5, 5.41) is 16.8. The van der Waals surface area contributed by atoms with E-state index in [9.17, 15) is 14.7 Å². The highest BCUT2D eigenvalue weighted by Gasteiger charge is 2.31. The van der Waals surface area contributed by atoms with Crippen LogP contribution in [0.4, 0.5) is 0 Å². The Morgan fingerprint density at radius 2 is 2.12 bits per heavy atom. The average Bonchev–Trinajstić information content (AvgIpc) is 3.14. The average molecular weight is 353 g/mol. The standard InChI is InChI=1S/C18H19N5O3/c24-13-7-4-8-22(10-13)18(26)15(12-5-2-1-3-6-12)23-11-19-16-14(17(23)25)9-20-21-16/h1-3,5-6,9,11,13,15,24H,4,7-8,10H2,(H,20,21). The molecule has 0 spiro atoms. The summed E-state index contributed by atoms with van der Waals surface area (Å²) in [7, 11) is 0. The number of fused-ring (bicyclic) bond motifs is 1. The van der Waals surface area contributed by atoms with Gasteiger partial charge in [-0.1, -0.05) is 30.3 Å². The third-order valence-corrected chi connectivity index (χ3v) is 4.73. The number of carbonyl (C=O) groups is 1. The molecule has 2 atom stereocenters.